The number of phenols is 1. The minimum atomic E-state index is 0.199. The highest BCUT2D eigenvalue weighted by Crippen LogP contribution is 2.37. The second kappa shape index (κ2) is 5.73. The lowest BCUT2D eigenvalue weighted by Crippen LogP contribution is -2.13. The molecule has 4 rings (SSSR count). The molecule has 3 heteroatoms. The number of hydrogen-bond acceptors (Lipinski definition) is 3. The summed E-state index contributed by atoms with van der Waals surface area (Å²) in [7, 11) is 0. The average molecular weight is 306 g/mol. The van der Waals surface area contributed by atoms with Crippen molar-refractivity contribution in [1.29, 1.82) is 0 Å². The number of aryl methyl sites for hydroxylation is 1. The standard InChI is InChI=1S/C20H22N2O/c1-13-8-9-20(23)17(10-13)19-12-18(21-22-19)16-7-3-6-15(11-16)14-4-2-5-14/h3,6-11,14,18,21,23H,2,4-5,12H2,1H3. The maximum atomic E-state index is 10.1. The lowest BCUT2D eigenvalue weighted by Gasteiger charge is -2.26. The number of nitrogens with one attached hydrogen (secondary N) is 1. The van der Waals surface area contributed by atoms with Gasteiger partial charge in [0, 0.05) is 12.0 Å². The molecule has 3 nitrogen and oxygen atoms in total. The van der Waals surface area contributed by atoms with Crippen molar-refractivity contribution in [2.75, 3.05) is 0 Å². The molecule has 0 spiro atoms. The Morgan fingerprint density at radius 2 is 1.91 bits per heavy atom. The zero-order valence-electron chi connectivity index (χ0n) is 13.4. The molecule has 0 amide bonds. The monoisotopic (exact) mass is 306 g/mol. The van der Waals surface area contributed by atoms with Crippen LogP contribution in [-0.4, -0.2) is 10.8 Å². The molecule has 1 aliphatic heterocycles. The molecule has 2 aromatic carbocycles. The van der Waals surface area contributed by atoms with E-state index < -0.39 is 0 Å². The third kappa shape index (κ3) is 2.72. The van der Waals surface area contributed by atoms with Gasteiger partial charge in [0.1, 0.15) is 5.75 Å². The van der Waals surface area contributed by atoms with Crippen molar-refractivity contribution < 1.29 is 5.11 Å². The summed E-state index contributed by atoms with van der Waals surface area (Å²) in [4.78, 5) is 0. The Balaban J connectivity index is 1.54. The molecule has 23 heavy (non-hydrogen) atoms. The normalized spacial score (nSPS) is 20.7. The Morgan fingerprint density at radius 1 is 1.09 bits per heavy atom. The fraction of sp³-hybridized carbons (Fsp3) is 0.350. The number of hydrogen-bond donors (Lipinski definition) is 2. The number of hydrazone groups is 1. The van der Waals surface area contributed by atoms with Crippen LogP contribution in [0, 0.1) is 6.92 Å². The summed E-state index contributed by atoms with van der Waals surface area (Å²) in [5.74, 6) is 1.05. The molecule has 2 N–H and O–H groups in total. The van der Waals surface area contributed by atoms with Crippen LogP contribution < -0.4 is 5.43 Å². The predicted octanol–water partition coefficient (Wildman–Crippen LogP) is 4.41. The molecule has 2 aliphatic rings. The van der Waals surface area contributed by atoms with Gasteiger partial charge in [0.15, 0.2) is 0 Å². The Morgan fingerprint density at radius 3 is 2.70 bits per heavy atom. The van der Waals surface area contributed by atoms with Crippen LogP contribution in [0.1, 0.15) is 59.9 Å². The molecule has 0 radical (unpaired) electrons. The Labute approximate surface area is 137 Å². The Kier molecular flexibility index (Phi) is 3.56. The third-order valence-electron chi connectivity index (χ3n) is 5.11. The molecule has 0 saturated heterocycles. The maximum absolute atomic E-state index is 10.1. The summed E-state index contributed by atoms with van der Waals surface area (Å²) in [6, 6.07) is 14.8. The van der Waals surface area contributed by atoms with E-state index in [4.69, 9.17) is 0 Å². The Hall–Kier alpha value is -2.29. The van der Waals surface area contributed by atoms with E-state index in [0.717, 1.165) is 29.2 Å². The van der Waals surface area contributed by atoms with Gasteiger partial charge in [-0.1, -0.05) is 42.3 Å². The van der Waals surface area contributed by atoms with E-state index in [1.807, 2.05) is 19.1 Å². The molecular weight excluding hydrogens is 284 g/mol. The smallest absolute Gasteiger partial charge is 0.124 e. The third-order valence-corrected chi connectivity index (χ3v) is 5.11. The van der Waals surface area contributed by atoms with Crippen LogP contribution in [0.2, 0.25) is 0 Å². The van der Waals surface area contributed by atoms with Crippen molar-refractivity contribution in [1.82, 2.24) is 5.43 Å². The SMILES string of the molecule is Cc1ccc(O)c(C2=NNC(c3cccc(C4CCC4)c3)C2)c1. The summed E-state index contributed by atoms with van der Waals surface area (Å²) in [6.45, 7) is 2.03. The number of benzene rings is 2. The molecule has 1 aliphatic carbocycles. The van der Waals surface area contributed by atoms with Crippen LogP contribution >= 0.6 is 0 Å². The van der Waals surface area contributed by atoms with Gasteiger partial charge in [0.2, 0.25) is 0 Å². The van der Waals surface area contributed by atoms with Crippen LogP contribution in [0.3, 0.4) is 0 Å². The van der Waals surface area contributed by atoms with Gasteiger partial charge in [-0.15, -0.1) is 0 Å². The van der Waals surface area contributed by atoms with Crippen molar-refractivity contribution >= 4 is 5.71 Å². The van der Waals surface area contributed by atoms with Crippen LogP contribution in [-0.2, 0) is 0 Å². The van der Waals surface area contributed by atoms with Crippen molar-refractivity contribution in [2.45, 2.75) is 44.6 Å². The Bertz CT molecular complexity index is 762. The fourth-order valence-electron chi connectivity index (χ4n) is 3.46. The van der Waals surface area contributed by atoms with Crippen molar-refractivity contribution in [3.8, 4) is 5.75 Å². The van der Waals surface area contributed by atoms with Gasteiger partial charge in [0.05, 0.1) is 11.8 Å². The molecule has 0 bridgehead atoms. The van der Waals surface area contributed by atoms with Gasteiger partial charge in [-0.3, -0.25) is 0 Å². The number of nitrogens with zero attached hydrogens (tertiary/aromatic N) is 1. The molecule has 1 saturated carbocycles. The molecule has 0 aromatic heterocycles. The van der Waals surface area contributed by atoms with E-state index >= 15 is 0 Å². The fourth-order valence-corrected chi connectivity index (χ4v) is 3.46. The first kappa shape index (κ1) is 14.3. The van der Waals surface area contributed by atoms with Gasteiger partial charge in [-0.05, 0) is 48.9 Å². The van der Waals surface area contributed by atoms with E-state index in [1.54, 1.807) is 6.07 Å². The zero-order valence-corrected chi connectivity index (χ0v) is 13.4. The summed E-state index contributed by atoms with van der Waals surface area (Å²) < 4.78 is 0. The van der Waals surface area contributed by atoms with Crippen molar-refractivity contribution in [3.05, 3.63) is 64.7 Å². The quantitative estimate of drug-likeness (QED) is 0.882. The average Bonchev–Trinajstić information content (AvgIpc) is 2.98. The summed E-state index contributed by atoms with van der Waals surface area (Å²) >= 11 is 0. The first-order valence-electron chi connectivity index (χ1n) is 8.42. The second-order valence-electron chi connectivity index (χ2n) is 6.76. The molecule has 1 heterocycles. The summed E-state index contributed by atoms with van der Waals surface area (Å²) in [5, 5.41) is 14.6. The van der Waals surface area contributed by atoms with Crippen LogP contribution in [0.5, 0.6) is 5.75 Å². The van der Waals surface area contributed by atoms with Crippen LogP contribution in [0.15, 0.2) is 47.6 Å². The predicted molar refractivity (Wildman–Crippen MR) is 92.9 cm³/mol. The van der Waals surface area contributed by atoms with Gasteiger partial charge < -0.3 is 10.5 Å². The van der Waals surface area contributed by atoms with E-state index in [0.29, 0.717) is 5.75 Å². The van der Waals surface area contributed by atoms with E-state index in [9.17, 15) is 5.11 Å². The maximum Gasteiger partial charge on any atom is 0.124 e. The van der Waals surface area contributed by atoms with Crippen LogP contribution in [0.25, 0.3) is 0 Å². The first-order chi connectivity index (χ1) is 11.2. The van der Waals surface area contributed by atoms with Gasteiger partial charge in [0.25, 0.3) is 0 Å². The highest BCUT2D eigenvalue weighted by Gasteiger charge is 2.25. The topological polar surface area (TPSA) is 44.6 Å². The molecular formula is C20H22N2O. The number of aromatic hydroxyl groups is 1. The molecule has 1 atom stereocenters. The summed E-state index contributed by atoms with van der Waals surface area (Å²) in [6.07, 6.45) is 4.81. The molecule has 1 unspecified atom stereocenters. The second-order valence-corrected chi connectivity index (χ2v) is 6.76. The zero-order chi connectivity index (χ0) is 15.8. The number of rotatable bonds is 3. The van der Waals surface area contributed by atoms with E-state index in [1.165, 1.54) is 30.4 Å². The van der Waals surface area contributed by atoms with Crippen LogP contribution in [0.4, 0.5) is 0 Å². The van der Waals surface area contributed by atoms with Gasteiger partial charge >= 0.3 is 0 Å². The van der Waals surface area contributed by atoms with E-state index in [-0.39, 0.29) is 6.04 Å². The molecule has 1 fully saturated rings. The van der Waals surface area contributed by atoms with Crippen molar-refractivity contribution in [3.63, 3.8) is 0 Å². The molecule has 118 valence electrons. The van der Waals surface area contributed by atoms with E-state index in [2.05, 4.69) is 34.8 Å². The van der Waals surface area contributed by atoms with Crippen molar-refractivity contribution in [2.24, 2.45) is 5.10 Å². The minimum Gasteiger partial charge on any atom is -0.507 e. The summed E-state index contributed by atoms with van der Waals surface area (Å²) in [5.41, 5.74) is 8.91. The number of phenolic OH excluding ortho intramolecular Hbond substituents is 1. The van der Waals surface area contributed by atoms with Gasteiger partial charge in [-0.2, -0.15) is 5.10 Å². The molecule has 2 aromatic rings. The highest BCUT2D eigenvalue weighted by atomic mass is 16.3. The highest BCUT2D eigenvalue weighted by molar-refractivity contribution is 6.04. The van der Waals surface area contributed by atoms with Gasteiger partial charge in [-0.25, -0.2) is 0 Å². The lowest BCUT2D eigenvalue weighted by molar-refractivity contribution is 0.419. The minimum absolute atomic E-state index is 0.199. The largest absolute Gasteiger partial charge is 0.507 e. The lowest BCUT2D eigenvalue weighted by atomic mass is 9.79. The first-order valence-corrected chi connectivity index (χ1v) is 8.42.